The Bertz CT molecular complexity index is 1130. The highest BCUT2D eigenvalue weighted by atomic mass is 35.5. The van der Waals surface area contributed by atoms with Crippen molar-refractivity contribution in [2.75, 3.05) is 0 Å². The zero-order valence-electron chi connectivity index (χ0n) is 13.3. The second-order valence-electron chi connectivity index (χ2n) is 5.64. The Morgan fingerprint density at radius 1 is 0.741 bits per heavy atom. The number of benzene rings is 3. The highest BCUT2D eigenvalue weighted by Crippen LogP contribution is 2.39. The molecule has 0 radical (unpaired) electrons. The molecule has 0 spiro atoms. The second-order valence-corrected chi connectivity index (χ2v) is 8.39. The summed E-state index contributed by atoms with van der Waals surface area (Å²) >= 11 is 18.0. The lowest BCUT2D eigenvalue weighted by molar-refractivity contribution is 0.509. The minimum atomic E-state index is -3.88. The van der Waals surface area contributed by atoms with E-state index in [-0.39, 0.29) is 20.0 Å². The van der Waals surface area contributed by atoms with Gasteiger partial charge in [0.15, 0.2) is 11.6 Å². The van der Waals surface area contributed by atoms with Crippen LogP contribution in [-0.2, 0) is 10.0 Å². The first-order valence-corrected chi connectivity index (χ1v) is 10.0. The molecule has 140 valence electrons. The van der Waals surface area contributed by atoms with Gasteiger partial charge < -0.3 is 0 Å². The molecule has 0 aliphatic carbocycles. The number of hydrogen-bond donors (Lipinski definition) is 1. The van der Waals surface area contributed by atoms with Crippen molar-refractivity contribution in [1.82, 2.24) is 0 Å². The zero-order chi connectivity index (χ0) is 19.9. The molecule has 2 N–H and O–H groups in total. The summed E-state index contributed by atoms with van der Waals surface area (Å²) in [6, 6.07) is 10.4. The van der Waals surface area contributed by atoms with Gasteiger partial charge in [0.1, 0.15) is 0 Å². The van der Waals surface area contributed by atoms with Crippen LogP contribution in [0.3, 0.4) is 0 Å². The molecule has 0 saturated carbocycles. The first-order valence-electron chi connectivity index (χ1n) is 7.35. The molecule has 0 unspecified atom stereocenters. The van der Waals surface area contributed by atoms with Gasteiger partial charge >= 0.3 is 0 Å². The molecule has 3 aromatic rings. The minimum absolute atomic E-state index is 0.104. The predicted octanol–water partition coefficient (Wildman–Crippen LogP) is 5.91. The number of sulfonamides is 1. The summed E-state index contributed by atoms with van der Waals surface area (Å²) in [5, 5.41) is 5.53. The van der Waals surface area contributed by atoms with Crippen LogP contribution in [0.4, 0.5) is 8.78 Å². The van der Waals surface area contributed by atoms with Crippen LogP contribution in [0.2, 0.25) is 15.1 Å². The number of rotatable bonds is 3. The summed E-state index contributed by atoms with van der Waals surface area (Å²) in [4.78, 5) is -0.104. The fourth-order valence-corrected chi connectivity index (χ4v) is 3.67. The standard InChI is InChI=1S/C18H10Cl3F2NO2S/c19-14-5-10(6-15(20)18(14)21)13-8-17(23)16(22)7-12(13)9-1-3-11(4-2-9)27(24,25)26/h1-8H,(H2,24,25,26). The zero-order valence-corrected chi connectivity index (χ0v) is 16.4. The third-order valence-corrected chi connectivity index (χ3v) is 5.98. The number of nitrogens with two attached hydrogens (primary N) is 1. The summed E-state index contributed by atoms with van der Waals surface area (Å²) in [6.45, 7) is 0. The molecule has 3 nitrogen and oxygen atoms in total. The van der Waals surface area contributed by atoms with Crippen molar-refractivity contribution in [2.24, 2.45) is 5.14 Å². The molecule has 0 bridgehead atoms. The summed E-state index contributed by atoms with van der Waals surface area (Å²) in [6.07, 6.45) is 0. The van der Waals surface area contributed by atoms with E-state index >= 15 is 0 Å². The average Bonchev–Trinajstić information content (AvgIpc) is 2.60. The molecule has 0 atom stereocenters. The smallest absolute Gasteiger partial charge is 0.225 e. The highest BCUT2D eigenvalue weighted by Gasteiger charge is 2.16. The van der Waals surface area contributed by atoms with Crippen molar-refractivity contribution in [2.45, 2.75) is 4.90 Å². The molecule has 0 fully saturated rings. The van der Waals surface area contributed by atoms with Crippen molar-refractivity contribution < 1.29 is 17.2 Å². The van der Waals surface area contributed by atoms with Gasteiger partial charge in [-0.25, -0.2) is 22.3 Å². The van der Waals surface area contributed by atoms with E-state index in [2.05, 4.69) is 0 Å². The lowest BCUT2D eigenvalue weighted by atomic mass is 9.94. The largest absolute Gasteiger partial charge is 0.238 e. The van der Waals surface area contributed by atoms with Gasteiger partial charge in [-0.3, -0.25) is 0 Å². The first kappa shape index (κ1) is 20.0. The Morgan fingerprint density at radius 3 is 1.63 bits per heavy atom. The van der Waals surface area contributed by atoms with Gasteiger partial charge in [0.05, 0.1) is 20.0 Å². The van der Waals surface area contributed by atoms with Crippen molar-refractivity contribution in [3.63, 3.8) is 0 Å². The van der Waals surface area contributed by atoms with Gasteiger partial charge in [-0.05, 0) is 58.7 Å². The van der Waals surface area contributed by atoms with Crippen LogP contribution < -0.4 is 5.14 Å². The van der Waals surface area contributed by atoms with E-state index in [1.165, 1.54) is 36.4 Å². The normalized spacial score (nSPS) is 11.6. The van der Waals surface area contributed by atoms with Gasteiger partial charge in [-0.2, -0.15) is 0 Å². The van der Waals surface area contributed by atoms with Crippen LogP contribution in [0.25, 0.3) is 22.3 Å². The quantitative estimate of drug-likeness (QED) is 0.507. The molecule has 0 saturated heterocycles. The first-order chi connectivity index (χ1) is 12.6. The van der Waals surface area contributed by atoms with E-state index in [0.717, 1.165) is 12.1 Å². The van der Waals surface area contributed by atoms with Gasteiger partial charge in [0.25, 0.3) is 0 Å². The topological polar surface area (TPSA) is 60.2 Å². The van der Waals surface area contributed by atoms with Gasteiger partial charge in [-0.1, -0.05) is 46.9 Å². The molecule has 0 heterocycles. The fraction of sp³-hybridized carbons (Fsp3) is 0. The minimum Gasteiger partial charge on any atom is -0.225 e. The second kappa shape index (κ2) is 7.37. The summed E-state index contributed by atoms with van der Waals surface area (Å²) in [5.41, 5.74) is 1.47. The van der Waals surface area contributed by atoms with Crippen molar-refractivity contribution in [1.29, 1.82) is 0 Å². The number of halogens is 5. The third-order valence-electron chi connectivity index (χ3n) is 3.85. The average molecular weight is 449 g/mol. The van der Waals surface area contributed by atoms with E-state index < -0.39 is 21.7 Å². The summed E-state index contributed by atoms with van der Waals surface area (Å²) < 4.78 is 50.6. The molecule has 0 amide bonds. The molecule has 0 aliphatic rings. The Balaban J connectivity index is 2.24. The molecule has 9 heteroatoms. The van der Waals surface area contributed by atoms with Crippen LogP contribution in [0, 0.1) is 11.6 Å². The van der Waals surface area contributed by atoms with E-state index in [4.69, 9.17) is 39.9 Å². The third kappa shape index (κ3) is 4.10. The maximum Gasteiger partial charge on any atom is 0.238 e. The molecular weight excluding hydrogens is 439 g/mol. The van der Waals surface area contributed by atoms with E-state index in [9.17, 15) is 17.2 Å². The van der Waals surface area contributed by atoms with Crippen molar-refractivity contribution in [3.05, 3.63) is 75.2 Å². The summed E-state index contributed by atoms with van der Waals surface area (Å²) in [7, 11) is -3.88. The van der Waals surface area contributed by atoms with E-state index in [0.29, 0.717) is 22.3 Å². The Hall–Kier alpha value is -1.70. The van der Waals surface area contributed by atoms with Crippen LogP contribution in [0.1, 0.15) is 0 Å². The summed E-state index contributed by atoms with van der Waals surface area (Å²) in [5.74, 6) is -2.12. The Morgan fingerprint density at radius 2 is 1.19 bits per heavy atom. The van der Waals surface area contributed by atoms with E-state index in [1.807, 2.05) is 0 Å². The van der Waals surface area contributed by atoms with Crippen LogP contribution >= 0.6 is 34.8 Å². The lowest BCUT2D eigenvalue weighted by Gasteiger charge is -2.13. The number of hydrogen-bond acceptors (Lipinski definition) is 2. The lowest BCUT2D eigenvalue weighted by Crippen LogP contribution is -2.11. The van der Waals surface area contributed by atoms with Crippen molar-refractivity contribution in [3.8, 4) is 22.3 Å². The predicted molar refractivity (Wildman–Crippen MR) is 104 cm³/mol. The van der Waals surface area contributed by atoms with Gasteiger partial charge in [0, 0.05) is 0 Å². The SMILES string of the molecule is NS(=O)(=O)c1ccc(-c2cc(F)c(F)cc2-c2cc(Cl)c(Cl)c(Cl)c2)cc1. The fourth-order valence-electron chi connectivity index (χ4n) is 2.56. The molecule has 0 aromatic heterocycles. The van der Waals surface area contributed by atoms with Gasteiger partial charge in [0.2, 0.25) is 10.0 Å². The molecular formula is C18H10Cl3F2NO2S. The maximum atomic E-state index is 13.9. The van der Waals surface area contributed by atoms with Crippen LogP contribution in [-0.4, -0.2) is 8.42 Å². The molecule has 0 aliphatic heterocycles. The van der Waals surface area contributed by atoms with Crippen LogP contribution in [0.15, 0.2) is 53.4 Å². The van der Waals surface area contributed by atoms with E-state index in [1.54, 1.807) is 0 Å². The highest BCUT2D eigenvalue weighted by molar-refractivity contribution is 7.89. The van der Waals surface area contributed by atoms with Crippen molar-refractivity contribution >= 4 is 44.8 Å². The van der Waals surface area contributed by atoms with Gasteiger partial charge in [-0.15, -0.1) is 0 Å². The maximum absolute atomic E-state index is 13.9. The van der Waals surface area contributed by atoms with Crippen LogP contribution in [0.5, 0.6) is 0 Å². The number of primary sulfonamides is 1. The Kier molecular flexibility index (Phi) is 5.47. The Labute approximate surface area is 169 Å². The monoisotopic (exact) mass is 447 g/mol. The molecule has 3 rings (SSSR count). The molecule has 27 heavy (non-hydrogen) atoms. The molecule has 3 aromatic carbocycles.